The van der Waals surface area contributed by atoms with Crippen molar-refractivity contribution in [3.8, 4) is 11.5 Å². The Labute approximate surface area is 121 Å². The molecule has 0 fully saturated rings. The standard InChI is InChI=1S/C13H16O6S/c1-16-9-5-8(13(15)19-4)11(6-10(9)17-2)20-7-12(14)18-3/h5-6H,7H2,1-4H3. The number of benzene rings is 1. The van der Waals surface area contributed by atoms with Gasteiger partial charge in [-0.1, -0.05) is 0 Å². The first kappa shape index (κ1) is 16.2. The van der Waals surface area contributed by atoms with Crippen LogP contribution >= 0.6 is 11.8 Å². The van der Waals surface area contributed by atoms with Crippen molar-refractivity contribution in [2.45, 2.75) is 4.90 Å². The predicted octanol–water partition coefficient (Wildman–Crippen LogP) is 1.76. The summed E-state index contributed by atoms with van der Waals surface area (Å²) < 4.78 is 19.6. The molecule has 0 saturated heterocycles. The molecule has 20 heavy (non-hydrogen) atoms. The fourth-order valence-electron chi connectivity index (χ4n) is 1.44. The van der Waals surface area contributed by atoms with Crippen LogP contribution in [0.5, 0.6) is 11.5 Å². The summed E-state index contributed by atoms with van der Waals surface area (Å²) in [5.41, 5.74) is 0.305. The minimum Gasteiger partial charge on any atom is -0.493 e. The van der Waals surface area contributed by atoms with Gasteiger partial charge in [0.1, 0.15) is 0 Å². The lowest BCUT2D eigenvalue weighted by Crippen LogP contribution is -2.07. The average Bonchev–Trinajstić information content (AvgIpc) is 2.50. The van der Waals surface area contributed by atoms with Gasteiger partial charge in [0, 0.05) is 4.90 Å². The van der Waals surface area contributed by atoms with Crippen molar-refractivity contribution in [3.05, 3.63) is 17.7 Å². The lowest BCUT2D eigenvalue weighted by molar-refractivity contribution is -0.137. The van der Waals surface area contributed by atoms with Crippen LogP contribution in [0.25, 0.3) is 0 Å². The zero-order valence-electron chi connectivity index (χ0n) is 11.7. The smallest absolute Gasteiger partial charge is 0.339 e. The van der Waals surface area contributed by atoms with Crippen LogP contribution in [0.2, 0.25) is 0 Å². The molecule has 1 aromatic carbocycles. The van der Waals surface area contributed by atoms with Crippen LogP contribution in [0.1, 0.15) is 10.4 Å². The lowest BCUT2D eigenvalue weighted by Gasteiger charge is -2.13. The first-order valence-corrected chi connectivity index (χ1v) is 6.59. The molecule has 0 amide bonds. The third-order valence-corrected chi connectivity index (χ3v) is 3.49. The number of esters is 2. The van der Waals surface area contributed by atoms with Crippen molar-refractivity contribution in [1.29, 1.82) is 0 Å². The van der Waals surface area contributed by atoms with E-state index in [-0.39, 0.29) is 11.7 Å². The summed E-state index contributed by atoms with van der Waals surface area (Å²) in [5, 5.41) is 0. The maximum Gasteiger partial charge on any atom is 0.339 e. The molecule has 1 rings (SSSR count). The van der Waals surface area contributed by atoms with Crippen LogP contribution < -0.4 is 9.47 Å². The van der Waals surface area contributed by atoms with Crippen molar-refractivity contribution in [2.75, 3.05) is 34.2 Å². The van der Waals surface area contributed by atoms with E-state index in [0.717, 1.165) is 11.8 Å². The van der Waals surface area contributed by atoms with Gasteiger partial charge >= 0.3 is 11.9 Å². The van der Waals surface area contributed by atoms with E-state index in [4.69, 9.17) is 14.2 Å². The predicted molar refractivity (Wildman–Crippen MR) is 73.6 cm³/mol. The highest BCUT2D eigenvalue weighted by molar-refractivity contribution is 8.00. The highest BCUT2D eigenvalue weighted by Gasteiger charge is 2.18. The molecule has 0 radical (unpaired) electrons. The molecule has 0 aromatic heterocycles. The Morgan fingerprint density at radius 3 is 2.10 bits per heavy atom. The Balaban J connectivity index is 3.16. The van der Waals surface area contributed by atoms with Gasteiger partial charge in [0.15, 0.2) is 11.5 Å². The Hall–Kier alpha value is -1.89. The Kier molecular flexibility index (Phi) is 6.17. The molecule has 1 aromatic rings. The van der Waals surface area contributed by atoms with E-state index < -0.39 is 5.97 Å². The van der Waals surface area contributed by atoms with Crippen LogP contribution in [-0.4, -0.2) is 46.1 Å². The molecule has 0 aliphatic carbocycles. The number of rotatable bonds is 6. The molecule has 0 atom stereocenters. The minimum atomic E-state index is -0.515. The van der Waals surface area contributed by atoms with Gasteiger partial charge in [0.25, 0.3) is 0 Å². The van der Waals surface area contributed by atoms with E-state index >= 15 is 0 Å². The molecule has 0 spiro atoms. The third kappa shape index (κ3) is 3.80. The summed E-state index contributed by atoms with van der Waals surface area (Å²) >= 11 is 1.16. The largest absolute Gasteiger partial charge is 0.493 e. The number of methoxy groups -OCH3 is 4. The fraction of sp³-hybridized carbons (Fsp3) is 0.385. The molecule has 0 bridgehead atoms. The van der Waals surface area contributed by atoms with Gasteiger partial charge in [-0.05, 0) is 12.1 Å². The van der Waals surface area contributed by atoms with Crippen molar-refractivity contribution >= 4 is 23.7 Å². The second-order valence-corrected chi connectivity index (χ2v) is 4.58. The number of thioether (sulfide) groups is 1. The van der Waals surface area contributed by atoms with E-state index in [1.54, 1.807) is 6.07 Å². The first-order chi connectivity index (χ1) is 9.57. The highest BCUT2D eigenvalue weighted by atomic mass is 32.2. The number of hydrogen-bond acceptors (Lipinski definition) is 7. The first-order valence-electron chi connectivity index (χ1n) is 5.61. The second kappa shape index (κ2) is 7.64. The monoisotopic (exact) mass is 300 g/mol. The molecule has 110 valence electrons. The summed E-state index contributed by atoms with van der Waals surface area (Å²) in [6.07, 6.45) is 0. The van der Waals surface area contributed by atoms with E-state index in [1.807, 2.05) is 0 Å². The highest BCUT2D eigenvalue weighted by Crippen LogP contribution is 2.35. The Morgan fingerprint density at radius 1 is 1.00 bits per heavy atom. The van der Waals surface area contributed by atoms with Gasteiger partial charge in [-0.3, -0.25) is 4.79 Å². The van der Waals surface area contributed by atoms with E-state index in [2.05, 4.69) is 4.74 Å². The summed E-state index contributed by atoms with van der Waals surface area (Å²) in [6.45, 7) is 0. The molecule has 6 nitrogen and oxygen atoms in total. The van der Waals surface area contributed by atoms with Crippen LogP contribution in [0.4, 0.5) is 0 Å². The number of carbonyl (C=O) groups is 2. The van der Waals surface area contributed by atoms with Crippen molar-refractivity contribution in [3.63, 3.8) is 0 Å². The quantitative estimate of drug-likeness (QED) is 0.585. The van der Waals surface area contributed by atoms with E-state index in [9.17, 15) is 9.59 Å². The Bertz CT molecular complexity index is 500. The Morgan fingerprint density at radius 2 is 1.60 bits per heavy atom. The number of ether oxygens (including phenoxy) is 4. The second-order valence-electron chi connectivity index (χ2n) is 3.56. The lowest BCUT2D eigenvalue weighted by atomic mass is 10.2. The van der Waals surface area contributed by atoms with Crippen LogP contribution in [0.15, 0.2) is 17.0 Å². The van der Waals surface area contributed by atoms with E-state index in [0.29, 0.717) is 22.0 Å². The van der Waals surface area contributed by atoms with Gasteiger partial charge in [-0.2, -0.15) is 0 Å². The SMILES string of the molecule is COC(=O)CSc1cc(OC)c(OC)cc1C(=O)OC. The molecule has 0 N–H and O–H groups in total. The summed E-state index contributed by atoms with van der Waals surface area (Å²) in [5.74, 6) is 0.0532. The summed E-state index contributed by atoms with van der Waals surface area (Å²) in [7, 11) is 5.55. The third-order valence-electron chi connectivity index (χ3n) is 2.46. The molecule has 0 saturated carbocycles. The topological polar surface area (TPSA) is 71.1 Å². The van der Waals surface area contributed by atoms with Crippen molar-refractivity contribution in [1.82, 2.24) is 0 Å². The van der Waals surface area contributed by atoms with Crippen molar-refractivity contribution < 1.29 is 28.5 Å². The molecule has 0 aliphatic heterocycles. The maximum atomic E-state index is 11.8. The van der Waals surface area contributed by atoms with Crippen LogP contribution in [-0.2, 0) is 14.3 Å². The molecular weight excluding hydrogens is 284 g/mol. The van der Waals surface area contributed by atoms with Gasteiger partial charge in [-0.25, -0.2) is 4.79 Å². The zero-order chi connectivity index (χ0) is 15.1. The van der Waals surface area contributed by atoms with Crippen LogP contribution in [0.3, 0.4) is 0 Å². The molecule has 0 unspecified atom stereocenters. The zero-order valence-corrected chi connectivity index (χ0v) is 12.5. The average molecular weight is 300 g/mol. The number of hydrogen-bond donors (Lipinski definition) is 0. The summed E-state index contributed by atoms with van der Waals surface area (Å²) in [4.78, 5) is 23.5. The molecule has 0 aliphatic rings. The molecule has 7 heteroatoms. The van der Waals surface area contributed by atoms with E-state index in [1.165, 1.54) is 34.5 Å². The number of carbonyl (C=O) groups excluding carboxylic acids is 2. The van der Waals surface area contributed by atoms with Crippen molar-refractivity contribution in [2.24, 2.45) is 0 Å². The van der Waals surface area contributed by atoms with Gasteiger partial charge in [-0.15, -0.1) is 11.8 Å². The molecule has 0 heterocycles. The van der Waals surface area contributed by atoms with Gasteiger partial charge < -0.3 is 18.9 Å². The fourth-order valence-corrected chi connectivity index (χ4v) is 2.32. The maximum absolute atomic E-state index is 11.8. The van der Waals surface area contributed by atoms with Gasteiger partial charge in [0.2, 0.25) is 0 Å². The minimum absolute atomic E-state index is 0.0793. The van der Waals surface area contributed by atoms with Gasteiger partial charge in [0.05, 0.1) is 39.8 Å². The van der Waals surface area contributed by atoms with Crippen LogP contribution in [0, 0.1) is 0 Å². The normalized spacial score (nSPS) is 9.80. The molecular formula is C13H16O6S. The summed E-state index contributed by atoms with van der Waals surface area (Å²) in [6, 6.07) is 3.14.